The number of ether oxygens (including phenoxy) is 1. The predicted octanol–water partition coefficient (Wildman–Crippen LogP) is 2.60. The maximum Gasteiger partial charge on any atom is 0.416 e. The van der Waals surface area contributed by atoms with E-state index in [1.165, 1.54) is 6.07 Å². The molecule has 1 fully saturated rings. The van der Waals surface area contributed by atoms with Crippen LogP contribution in [0.3, 0.4) is 0 Å². The van der Waals surface area contributed by atoms with Crippen LogP contribution in [0, 0.1) is 5.41 Å². The van der Waals surface area contributed by atoms with E-state index in [1.807, 2.05) is 11.8 Å². The second-order valence-electron chi connectivity index (χ2n) is 5.12. The Kier molecular flexibility index (Phi) is 4.41. The Bertz CT molecular complexity index is 531. The van der Waals surface area contributed by atoms with Gasteiger partial charge in [-0.2, -0.15) is 13.2 Å². The molecule has 1 aromatic carbocycles. The number of benzene rings is 1. The van der Waals surface area contributed by atoms with Crippen molar-refractivity contribution >= 4 is 11.5 Å². The van der Waals surface area contributed by atoms with Gasteiger partial charge >= 0.3 is 6.18 Å². The lowest BCUT2D eigenvalue weighted by molar-refractivity contribution is -0.137. The van der Waals surface area contributed by atoms with Crippen molar-refractivity contribution in [3.05, 3.63) is 29.3 Å². The number of rotatable bonds is 2. The molecule has 4 nitrogen and oxygen atoms in total. The third-order valence-electron chi connectivity index (χ3n) is 3.41. The van der Waals surface area contributed by atoms with Crippen LogP contribution in [-0.4, -0.2) is 31.6 Å². The quantitative estimate of drug-likeness (QED) is 0.652. The second-order valence-corrected chi connectivity index (χ2v) is 5.12. The van der Waals surface area contributed by atoms with Crippen LogP contribution in [-0.2, 0) is 10.9 Å². The van der Waals surface area contributed by atoms with Gasteiger partial charge in [0.2, 0.25) is 0 Å². The average Bonchev–Trinajstić information content (AvgIpc) is 2.61. The molecule has 0 aromatic heterocycles. The summed E-state index contributed by atoms with van der Waals surface area (Å²) in [6.07, 6.45) is -3.68. The molecule has 1 aromatic rings. The van der Waals surface area contributed by atoms with E-state index in [-0.39, 0.29) is 17.5 Å². The molecule has 1 heterocycles. The van der Waals surface area contributed by atoms with Gasteiger partial charge in [0.1, 0.15) is 5.84 Å². The normalized spacial score (nSPS) is 20.2. The summed E-state index contributed by atoms with van der Waals surface area (Å²) in [4.78, 5) is 1.93. The average molecular weight is 301 g/mol. The van der Waals surface area contributed by atoms with Crippen LogP contribution in [0.25, 0.3) is 0 Å². The molecule has 0 bridgehead atoms. The Hall–Kier alpha value is -1.76. The fraction of sp³-hybridized carbons (Fsp3) is 0.500. The van der Waals surface area contributed by atoms with Crippen molar-refractivity contribution in [1.29, 1.82) is 5.41 Å². The lowest BCUT2D eigenvalue weighted by Crippen LogP contribution is -2.32. The van der Waals surface area contributed by atoms with Crippen molar-refractivity contribution in [2.75, 3.05) is 24.6 Å². The minimum atomic E-state index is -4.45. The largest absolute Gasteiger partial charge is 0.416 e. The van der Waals surface area contributed by atoms with Crippen LogP contribution in [0.1, 0.15) is 24.5 Å². The number of nitrogens with zero attached hydrogens (tertiary/aromatic N) is 1. The van der Waals surface area contributed by atoms with Crippen molar-refractivity contribution in [2.45, 2.75) is 25.6 Å². The lowest BCUT2D eigenvalue weighted by Gasteiger charge is -2.27. The maximum absolute atomic E-state index is 12.8. The number of nitrogens with two attached hydrogens (primary N) is 1. The Labute approximate surface area is 121 Å². The Morgan fingerprint density at radius 2 is 2.14 bits per heavy atom. The number of nitrogens with one attached hydrogen (secondary N) is 1. The standard InChI is InChI=1S/C14H18F3N3O/c1-9-8-20(5-2-6-21-9)12-4-3-10(14(15,16)17)7-11(12)13(18)19/h3-4,7,9H,2,5-6,8H2,1H3,(H3,18,19). The number of hydrogen-bond donors (Lipinski definition) is 2. The molecule has 1 unspecified atom stereocenters. The molecule has 0 aliphatic carbocycles. The Morgan fingerprint density at radius 3 is 2.76 bits per heavy atom. The molecular weight excluding hydrogens is 283 g/mol. The maximum atomic E-state index is 12.8. The molecule has 2 rings (SSSR count). The van der Waals surface area contributed by atoms with E-state index >= 15 is 0 Å². The van der Waals surface area contributed by atoms with Crippen molar-refractivity contribution in [2.24, 2.45) is 5.73 Å². The van der Waals surface area contributed by atoms with E-state index in [0.29, 0.717) is 25.4 Å². The van der Waals surface area contributed by atoms with E-state index in [1.54, 1.807) is 0 Å². The number of anilines is 1. The molecule has 0 spiro atoms. The van der Waals surface area contributed by atoms with Gasteiger partial charge < -0.3 is 15.4 Å². The van der Waals surface area contributed by atoms with Crippen molar-refractivity contribution in [3.8, 4) is 0 Å². The van der Waals surface area contributed by atoms with Crippen LogP contribution in [0.2, 0.25) is 0 Å². The monoisotopic (exact) mass is 301 g/mol. The number of alkyl halides is 3. The molecule has 116 valence electrons. The zero-order valence-corrected chi connectivity index (χ0v) is 11.7. The highest BCUT2D eigenvalue weighted by Gasteiger charge is 2.32. The summed E-state index contributed by atoms with van der Waals surface area (Å²) in [6.45, 7) is 3.76. The molecule has 21 heavy (non-hydrogen) atoms. The molecule has 7 heteroatoms. The Morgan fingerprint density at radius 1 is 1.43 bits per heavy atom. The molecule has 1 aliphatic heterocycles. The van der Waals surface area contributed by atoms with Crippen LogP contribution >= 0.6 is 0 Å². The summed E-state index contributed by atoms with van der Waals surface area (Å²) >= 11 is 0. The van der Waals surface area contributed by atoms with Crippen LogP contribution < -0.4 is 10.6 Å². The molecule has 3 N–H and O–H groups in total. The van der Waals surface area contributed by atoms with Gasteiger partial charge in [0.05, 0.1) is 11.7 Å². The van der Waals surface area contributed by atoms with E-state index in [4.69, 9.17) is 15.9 Å². The van der Waals surface area contributed by atoms with Crippen LogP contribution in [0.5, 0.6) is 0 Å². The lowest BCUT2D eigenvalue weighted by atomic mass is 10.1. The summed E-state index contributed by atoms with van der Waals surface area (Å²) in [7, 11) is 0. The first-order chi connectivity index (χ1) is 9.79. The van der Waals surface area contributed by atoms with E-state index in [0.717, 1.165) is 18.6 Å². The zero-order chi connectivity index (χ0) is 15.6. The molecule has 0 radical (unpaired) electrons. The SMILES string of the molecule is CC1CN(c2ccc(C(F)(F)F)cc2C(=N)N)CCCO1. The third-order valence-corrected chi connectivity index (χ3v) is 3.41. The van der Waals surface area contributed by atoms with E-state index < -0.39 is 11.7 Å². The highest BCUT2D eigenvalue weighted by molar-refractivity contribution is 6.00. The topological polar surface area (TPSA) is 62.3 Å². The number of nitrogen functional groups attached to an aromatic ring is 1. The van der Waals surface area contributed by atoms with E-state index in [9.17, 15) is 13.2 Å². The first-order valence-corrected chi connectivity index (χ1v) is 6.71. The Balaban J connectivity index is 2.40. The smallest absolute Gasteiger partial charge is 0.384 e. The predicted molar refractivity (Wildman–Crippen MR) is 74.7 cm³/mol. The molecule has 1 saturated heterocycles. The summed E-state index contributed by atoms with van der Waals surface area (Å²) < 4.78 is 43.9. The van der Waals surface area contributed by atoms with Crippen LogP contribution in [0.15, 0.2) is 18.2 Å². The first-order valence-electron chi connectivity index (χ1n) is 6.71. The second kappa shape index (κ2) is 5.93. The molecule has 0 saturated carbocycles. The number of amidine groups is 1. The fourth-order valence-corrected chi connectivity index (χ4v) is 2.42. The van der Waals surface area contributed by atoms with Gasteiger partial charge in [0.25, 0.3) is 0 Å². The molecule has 1 aliphatic rings. The van der Waals surface area contributed by atoms with Gasteiger partial charge in [-0.05, 0) is 31.5 Å². The van der Waals surface area contributed by atoms with Gasteiger partial charge in [-0.1, -0.05) is 0 Å². The summed E-state index contributed by atoms with van der Waals surface area (Å²) in [5, 5.41) is 7.55. The van der Waals surface area contributed by atoms with Gasteiger partial charge in [-0.25, -0.2) is 0 Å². The van der Waals surface area contributed by atoms with E-state index in [2.05, 4.69) is 0 Å². The summed E-state index contributed by atoms with van der Waals surface area (Å²) in [5.74, 6) is -0.367. The molecule has 0 amide bonds. The summed E-state index contributed by atoms with van der Waals surface area (Å²) in [5.41, 5.74) is 5.33. The third kappa shape index (κ3) is 3.66. The highest BCUT2D eigenvalue weighted by Crippen LogP contribution is 2.33. The van der Waals surface area contributed by atoms with Gasteiger partial charge in [-0.15, -0.1) is 0 Å². The minimum absolute atomic E-state index is 0.0189. The van der Waals surface area contributed by atoms with Crippen molar-refractivity contribution in [1.82, 2.24) is 0 Å². The fourth-order valence-electron chi connectivity index (χ4n) is 2.42. The zero-order valence-electron chi connectivity index (χ0n) is 11.7. The van der Waals surface area contributed by atoms with Crippen molar-refractivity contribution < 1.29 is 17.9 Å². The van der Waals surface area contributed by atoms with Gasteiger partial charge in [0, 0.05) is 30.9 Å². The van der Waals surface area contributed by atoms with Crippen LogP contribution in [0.4, 0.5) is 18.9 Å². The molecular formula is C14H18F3N3O. The molecule has 1 atom stereocenters. The minimum Gasteiger partial charge on any atom is -0.384 e. The van der Waals surface area contributed by atoms with Gasteiger partial charge in [0.15, 0.2) is 0 Å². The van der Waals surface area contributed by atoms with Gasteiger partial charge in [-0.3, -0.25) is 5.41 Å². The first kappa shape index (κ1) is 15.6. The number of hydrogen-bond acceptors (Lipinski definition) is 3. The highest BCUT2D eigenvalue weighted by atomic mass is 19.4. The summed E-state index contributed by atoms with van der Waals surface area (Å²) in [6, 6.07) is 3.35. The van der Waals surface area contributed by atoms with Crippen molar-refractivity contribution in [3.63, 3.8) is 0 Å². The number of halogens is 3.